The predicted molar refractivity (Wildman–Crippen MR) is 44.5 cm³/mol. The number of hydrogen-bond acceptors (Lipinski definition) is 3. The lowest BCUT2D eigenvalue weighted by atomic mass is 10.2. The van der Waals surface area contributed by atoms with Crippen LogP contribution in [0, 0.1) is 6.92 Å². The van der Waals surface area contributed by atoms with Crippen LogP contribution in [-0.4, -0.2) is 16.5 Å². The van der Waals surface area contributed by atoms with E-state index in [0.29, 0.717) is 13.0 Å². The Hall–Kier alpha value is -1.61. The number of aromatic nitrogens is 2. The van der Waals surface area contributed by atoms with E-state index in [9.17, 15) is 0 Å². The molecule has 0 amide bonds. The molecule has 1 rings (SSSR count). The van der Waals surface area contributed by atoms with Crippen molar-refractivity contribution in [3.05, 3.63) is 34.2 Å². The van der Waals surface area contributed by atoms with Crippen LogP contribution >= 0.6 is 0 Å². The van der Waals surface area contributed by atoms with Crippen molar-refractivity contribution < 1.29 is 0 Å². The molecule has 0 fully saturated rings. The van der Waals surface area contributed by atoms with E-state index in [1.54, 1.807) is 12.4 Å². The number of nitrogens with zero attached hydrogens (tertiary/aromatic N) is 5. The van der Waals surface area contributed by atoms with Crippen LogP contribution < -0.4 is 0 Å². The van der Waals surface area contributed by atoms with Crippen LogP contribution in [0.3, 0.4) is 0 Å². The van der Waals surface area contributed by atoms with Crippen molar-refractivity contribution in [1.82, 2.24) is 9.97 Å². The van der Waals surface area contributed by atoms with Gasteiger partial charge in [0.2, 0.25) is 0 Å². The molecule has 1 aromatic rings. The summed E-state index contributed by atoms with van der Waals surface area (Å²) in [5, 5.41) is 3.42. The Labute approximate surface area is 70.1 Å². The summed E-state index contributed by atoms with van der Waals surface area (Å²) in [6.45, 7) is 2.33. The van der Waals surface area contributed by atoms with E-state index < -0.39 is 0 Å². The monoisotopic (exact) mass is 163 g/mol. The minimum Gasteiger partial charge on any atom is -0.258 e. The van der Waals surface area contributed by atoms with Crippen molar-refractivity contribution >= 4 is 0 Å². The Morgan fingerprint density at radius 2 is 2.25 bits per heavy atom. The maximum Gasteiger partial charge on any atom is 0.0617 e. The average Bonchev–Trinajstić information content (AvgIpc) is 2.09. The number of aryl methyl sites for hydroxylation is 1. The van der Waals surface area contributed by atoms with Crippen molar-refractivity contribution in [3.8, 4) is 0 Å². The highest BCUT2D eigenvalue weighted by Crippen LogP contribution is 1.99. The summed E-state index contributed by atoms with van der Waals surface area (Å²) < 4.78 is 0. The highest BCUT2D eigenvalue weighted by molar-refractivity contribution is 5.08. The SMILES string of the molecule is Cc1nccnc1CCN=[N+]=[N-]. The molecule has 1 heterocycles. The molecular weight excluding hydrogens is 154 g/mol. The first-order chi connectivity index (χ1) is 5.84. The Bertz CT molecular complexity index is 302. The molecule has 5 heteroatoms. The fourth-order valence-corrected chi connectivity index (χ4v) is 0.882. The van der Waals surface area contributed by atoms with Gasteiger partial charge in [-0.25, -0.2) is 0 Å². The second-order valence-electron chi connectivity index (χ2n) is 2.29. The molecule has 0 bridgehead atoms. The van der Waals surface area contributed by atoms with Crippen LogP contribution in [0.25, 0.3) is 10.4 Å². The molecule has 0 aliphatic rings. The van der Waals surface area contributed by atoms with E-state index >= 15 is 0 Å². The van der Waals surface area contributed by atoms with Crippen molar-refractivity contribution in [2.75, 3.05) is 6.54 Å². The van der Waals surface area contributed by atoms with E-state index in [1.807, 2.05) is 6.92 Å². The molecule has 0 aliphatic heterocycles. The van der Waals surface area contributed by atoms with Crippen LogP contribution in [0.15, 0.2) is 17.5 Å². The molecule has 0 N–H and O–H groups in total. The molecule has 0 saturated carbocycles. The van der Waals surface area contributed by atoms with E-state index in [0.717, 1.165) is 11.4 Å². The molecule has 0 saturated heterocycles. The van der Waals surface area contributed by atoms with Gasteiger partial charge in [-0.3, -0.25) is 9.97 Å². The van der Waals surface area contributed by atoms with E-state index in [1.165, 1.54) is 0 Å². The second-order valence-corrected chi connectivity index (χ2v) is 2.29. The van der Waals surface area contributed by atoms with Crippen molar-refractivity contribution in [2.45, 2.75) is 13.3 Å². The summed E-state index contributed by atoms with van der Waals surface area (Å²) in [7, 11) is 0. The van der Waals surface area contributed by atoms with Gasteiger partial charge in [0, 0.05) is 23.9 Å². The Kier molecular flexibility index (Phi) is 3.04. The first kappa shape index (κ1) is 8.49. The fraction of sp³-hybridized carbons (Fsp3) is 0.429. The number of rotatable bonds is 3. The summed E-state index contributed by atoms with van der Waals surface area (Å²) in [4.78, 5) is 10.8. The molecule has 1 aromatic heterocycles. The minimum absolute atomic E-state index is 0.441. The quantitative estimate of drug-likeness (QED) is 0.386. The Morgan fingerprint density at radius 3 is 2.92 bits per heavy atom. The lowest BCUT2D eigenvalue weighted by Crippen LogP contribution is -1.97. The first-order valence-corrected chi connectivity index (χ1v) is 3.62. The zero-order valence-corrected chi connectivity index (χ0v) is 6.80. The average molecular weight is 163 g/mol. The molecule has 62 valence electrons. The highest BCUT2D eigenvalue weighted by Gasteiger charge is 1.97. The molecule has 0 unspecified atom stereocenters. The smallest absolute Gasteiger partial charge is 0.0617 e. The third kappa shape index (κ3) is 2.21. The topological polar surface area (TPSA) is 74.5 Å². The fourth-order valence-electron chi connectivity index (χ4n) is 0.882. The summed E-state index contributed by atoms with van der Waals surface area (Å²) in [6.07, 6.45) is 3.94. The molecule has 0 spiro atoms. The summed E-state index contributed by atoms with van der Waals surface area (Å²) in [5.74, 6) is 0. The molecule has 0 radical (unpaired) electrons. The summed E-state index contributed by atoms with van der Waals surface area (Å²) in [5.41, 5.74) is 9.82. The van der Waals surface area contributed by atoms with Gasteiger partial charge in [-0.1, -0.05) is 5.11 Å². The molecule has 0 aromatic carbocycles. The van der Waals surface area contributed by atoms with Gasteiger partial charge in [-0.2, -0.15) is 0 Å². The van der Waals surface area contributed by atoms with Gasteiger partial charge < -0.3 is 0 Å². The van der Waals surface area contributed by atoms with E-state index in [2.05, 4.69) is 20.0 Å². The van der Waals surface area contributed by atoms with Gasteiger partial charge in [0.1, 0.15) is 0 Å². The summed E-state index contributed by atoms with van der Waals surface area (Å²) >= 11 is 0. The molecular formula is C7H9N5. The van der Waals surface area contributed by atoms with Crippen LogP contribution in [0.4, 0.5) is 0 Å². The first-order valence-electron chi connectivity index (χ1n) is 3.62. The van der Waals surface area contributed by atoms with Crippen LogP contribution in [0.1, 0.15) is 11.4 Å². The van der Waals surface area contributed by atoms with E-state index in [-0.39, 0.29) is 0 Å². The zero-order valence-electron chi connectivity index (χ0n) is 6.80. The third-order valence-corrected chi connectivity index (χ3v) is 1.49. The standard InChI is InChI=1S/C7H9N5/c1-6-7(2-3-11-12-8)10-5-4-9-6/h4-5H,2-3H2,1H3. The molecule has 12 heavy (non-hydrogen) atoms. The Morgan fingerprint density at radius 1 is 1.50 bits per heavy atom. The lowest BCUT2D eigenvalue weighted by Gasteiger charge is -1.98. The zero-order chi connectivity index (χ0) is 8.81. The molecule has 5 nitrogen and oxygen atoms in total. The third-order valence-electron chi connectivity index (χ3n) is 1.49. The summed E-state index contributed by atoms with van der Waals surface area (Å²) in [6, 6.07) is 0. The second kappa shape index (κ2) is 4.31. The van der Waals surface area contributed by atoms with Crippen LogP contribution in [0.5, 0.6) is 0 Å². The van der Waals surface area contributed by atoms with E-state index in [4.69, 9.17) is 5.53 Å². The number of azide groups is 1. The highest BCUT2D eigenvalue weighted by atomic mass is 15.1. The van der Waals surface area contributed by atoms with Crippen LogP contribution in [0.2, 0.25) is 0 Å². The lowest BCUT2D eigenvalue weighted by molar-refractivity contribution is 0.880. The minimum atomic E-state index is 0.441. The Balaban J connectivity index is 2.62. The van der Waals surface area contributed by atoms with Gasteiger partial charge in [0.15, 0.2) is 0 Å². The largest absolute Gasteiger partial charge is 0.258 e. The van der Waals surface area contributed by atoms with Gasteiger partial charge in [0.05, 0.1) is 11.4 Å². The van der Waals surface area contributed by atoms with Gasteiger partial charge in [-0.15, -0.1) is 0 Å². The predicted octanol–water partition coefficient (Wildman–Crippen LogP) is 1.64. The molecule has 0 atom stereocenters. The maximum atomic E-state index is 8.04. The van der Waals surface area contributed by atoms with Crippen molar-refractivity contribution in [1.29, 1.82) is 0 Å². The van der Waals surface area contributed by atoms with Crippen molar-refractivity contribution in [3.63, 3.8) is 0 Å². The van der Waals surface area contributed by atoms with Gasteiger partial charge in [-0.05, 0) is 18.9 Å². The molecule has 0 aliphatic carbocycles. The van der Waals surface area contributed by atoms with Crippen molar-refractivity contribution in [2.24, 2.45) is 5.11 Å². The number of hydrogen-bond donors (Lipinski definition) is 0. The maximum absolute atomic E-state index is 8.04. The van der Waals surface area contributed by atoms with Gasteiger partial charge >= 0.3 is 0 Å². The normalized spacial score (nSPS) is 9.08. The van der Waals surface area contributed by atoms with Crippen LogP contribution in [-0.2, 0) is 6.42 Å². The van der Waals surface area contributed by atoms with Gasteiger partial charge in [0.25, 0.3) is 0 Å².